The van der Waals surface area contributed by atoms with E-state index >= 15 is 0 Å². The molecule has 0 saturated carbocycles. The van der Waals surface area contributed by atoms with Crippen LogP contribution in [0.3, 0.4) is 0 Å². The molecule has 1 aromatic rings. The van der Waals surface area contributed by atoms with Crippen molar-refractivity contribution in [1.29, 1.82) is 0 Å². The smallest absolute Gasteiger partial charge is 0.244 e. The second-order valence-corrected chi connectivity index (χ2v) is 7.05. The Labute approximate surface area is 126 Å². The number of hydrogen-bond donors (Lipinski definition) is 2. The van der Waals surface area contributed by atoms with Crippen LogP contribution in [0, 0.1) is 11.8 Å². The molecule has 120 valence electrons. The SMILES string of the molecule is COc1cc(OC)c(S(=O)(=O)NCC(C)C(C)C)cc1N. The van der Waals surface area contributed by atoms with Crippen molar-refractivity contribution in [2.24, 2.45) is 11.8 Å². The molecule has 0 radical (unpaired) electrons. The van der Waals surface area contributed by atoms with Crippen LogP contribution in [0.25, 0.3) is 0 Å². The van der Waals surface area contributed by atoms with Crippen LogP contribution >= 0.6 is 0 Å². The first-order valence-corrected chi connectivity index (χ1v) is 8.22. The predicted octanol–water partition coefficient (Wildman–Crippen LogP) is 1.86. The summed E-state index contributed by atoms with van der Waals surface area (Å²) in [5, 5.41) is 0. The van der Waals surface area contributed by atoms with Gasteiger partial charge >= 0.3 is 0 Å². The molecule has 21 heavy (non-hydrogen) atoms. The van der Waals surface area contributed by atoms with E-state index in [9.17, 15) is 8.42 Å². The lowest BCUT2D eigenvalue weighted by Crippen LogP contribution is -2.30. The van der Waals surface area contributed by atoms with Crippen molar-refractivity contribution < 1.29 is 17.9 Å². The highest BCUT2D eigenvalue weighted by atomic mass is 32.2. The molecule has 0 aliphatic rings. The van der Waals surface area contributed by atoms with Crippen LogP contribution in [0.5, 0.6) is 11.5 Å². The molecular weight excluding hydrogens is 292 g/mol. The Morgan fingerprint density at radius 2 is 1.71 bits per heavy atom. The monoisotopic (exact) mass is 316 g/mol. The van der Waals surface area contributed by atoms with Crippen molar-refractivity contribution in [3.05, 3.63) is 12.1 Å². The largest absolute Gasteiger partial charge is 0.495 e. The average molecular weight is 316 g/mol. The van der Waals surface area contributed by atoms with Crippen molar-refractivity contribution in [2.45, 2.75) is 25.7 Å². The number of benzene rings is 1. The molecule has 6 nitrogen and oxygen atoms in total. The number of nitrogen functional groups attached to an aromatic ring is 1. The maximum Gasteiger partial charge on any atom is 0.244 e. The van der Waals surface area contributed by atoms with E-state index in [0.29, 0.717) is 18.2 Å². The molecule has 0 amide bonds. The van der Waals surface area contributed by atoms with Gasteiger partial charge in [-0.05, 0) is 17.9 Å². The van der Waals surface area contributed by atoms with Gasteiger partial charge in [0.05, 0.1) is 19.9 Å². The quantitative estimate of drug-likeness (QED) is 0.749. The van der Waals surface area contributed by atoms with Crippen LogP contribution in [0.15, 0.2) is 17.0 Å². The number of hydrogen-bond acceptors (Lipinski definition) is 5. The fourth-order valence-corrected chi connectivity index (χ4v) is 2.98. The highest BCUT2D eigenvalue weighted by Gasteiger charge is 2.22. The van der Waals surface area contributed by atoms with E-state index < -0.39 is 10.0 Å². The Morgan fingerprint density at radius 1 is 1.14 bits per heavy atom. The third-order valence-corrected chi connectivity index (χ3v) is 4.98. The molecule has 0 spiro atoms. The number of ether oxygens (including phenoxy) is 2. The molecule has 7 heteroatoms. The molecule has 0 fully saturated rings. The molecule has 0 aliphatic carbocycles. The lowest BCUT2D eigenvalue weighted by atomic mass is 9.99. The lowest BCUT2D eigenvalue weighted by Gasteiger charge is -2.18. The van der Waals surface area contributed by atoms with Gasteiger partial charge < -0.3 is 15.2 Å². The van der Waals surface area contributed by atoms with Gasteiger partial charge in [-0.2, -0.15) is 0 Å². The fourth-order valence-electron chi connectivity index (χ4n) is 1.66. The van der Waals surface area contributed by atoms with Gasteiger partial charge in [0.1, 0.15) is 16.4 Å². The van der Waals surface area contributed by atoms with Crippen LogP contribution in [0.2, 0.25) is 0 Å². The molecule has 1 atom stereocenters. The highest BCUT2D eigenvalue weighted by Crippen LogP contribution is 2.33. The summed E-state index contributed by atoms with van der Waals surface area (Å²) in [6, 6.07) is 2.82. The van der Waals surface area contributed by atoms with Gasteiger partial charge in [-0.3, -0.25) is 0 Å². The van der Waals surface area contributed by atoms with Crippen molar-refractivity contribution in [2.75, 3.05) is 26.5 Å². The molecule has 0 aromatic heterocycles. The second-order valence-electron chi connectivity index (χ2n) is 5.32. The minimum atomic E-state index is -3.69. The third-order valence-electron chi connectivity index (χ3n) is 3.54. The first kappa shape index (κ1) is 17.6. The van der Waals surface area contributed by atoms with E-state index in [1.807, 2.05) is 20.8 Å². The van der Waals surface area contributed by atoms with Crippen LogP contribution in [0.4, 0.5) is 5.69 Å². The molecule has 1 rings (SSSR count). The van der Waals surface area contributed by atoms with E-state index in [-0.39, 0.29) is 22.3 Å². The summed E-state index contributed by atoms with van der Waals surface area (Å²) in [6.07, 6.45) is 0. The van der Waals surface area contributed by atoms with E-state index in [4.69, 9.17) is 15.2 Å². The number of sulfonamides is 1. The normalized spacial score (nSPS) is 13.2. The number of rotatable bonds is 7. The first-order valence-electron chi connectivity index (χ1n) is 6.74. The molecule has 3 N–H and O–H groups in total. The van der Waals surface area contributed by atoms with Gasteiger partial charge in [-0.25, -0.2) is 13.1 Å². The van der Waals surface area contributed by atoms with E-state index in [0.717, 1.165) is 0 Å². The predicted molar refractivity (Wildman–Crippen MR) is 83.1 cm³/mol. The summed E-state index contributed by atoms with van der Waals surface area (Å²) in [5.74, 6) is 1.18. The summed E-state index contributed by atoms with van der Waals surface area (Å²) in [6.45, 7) is 6.44. The molecule has 0 heterocycles. The van der Waals surface area contributed by atoms with Crippen molar-refractivity contribution >= 4 is 15.7 Å². The molecule has 0 bridgehead atoms. The van der Waals surface area contributed by atoms with Crippen molar-refractivity contribution in [1.82, 2.24) is 4.72 Å². The van der Waals surface area contributed by atoms with Gasteiger partial charge in [-0.1, -0.05) is 20.8 Å². The van der Waals surface area contributed by atoms with Crippen LogP contribution in [-0.4, -0.2) is 29.2 Å². The van der Waals surface area contributed by atoms with Crippen molar-refractivity contribution in [3.63, 3.8) is 0 Å². The van der Waals surface area contributed by atoms with E-state index in [2.05, 4.69) is 4.72 Å². The Hall–Kier alpha value is -1.47. The average Bonchev–Trinajstić information content (AvgIpc) is 2.44. The minimum absolute atomic E-state index is 0.0132. The van der Waals surface area contributed by atoms with Crippen LogP contribution < -0.4 is 19.9 Å². The molecule has 0 saturated heterocycles. The number of anilines is 1. The van der Waals surface area contributed by atoms with Gasteiger partial charge in [0.25, 0.3) is 0 Å². The summed E-state index contributed by atoms with van der Waals surface area (Å²) in [4.78, 5) is 0.0132. The molecule has 0 aliphatic heterocycles. The summed E-state index contributed by atoms with van der Waals surface area (Å²) >= 11 is 0. The summed E-state index contributed by atoms with van der Waals surface area (Å²) < 4.78 is 37.6. The number of nitrogens with one attached hydrogen (secondary N) is 1. The first-order chi connectivity index (χ1) is 9.72. The van der Waals surface area contributed by atoms with Crippen LogP contribution in [0.1, 0.15) is 20.8 Å². The van der Waals surface area contributed by atoms with Gasteiger partial charge in [0, 0.05) is 12.6 Å². The topological polar surface area (TPSA) is 90.6 Å². The molecular formula is C14H24N2O4S. The van der Waals surface area contributed by atoms with Crippen LogP contribution in [-0.2, 0) is 10.0 Å². The van der Waals surface area contributed by atoms with Crippen molar-refractivity contribution in [3.8, 4) is 11.5 Å². The zero-order valence-corrected chi connectivity index (χ0v) is 14.0. The Bertz CT molecular complexity index is 585. The van der Waals surface area contributed by atoms with Gasteiger partial charge in [0.15, 0.2) is 0 Å². The highest BCUT2D eigenvalue weighted by molar-refractivity contribution is 7.89. The third kappa shape index (κ3) is 4.25. The fraction of sp³-hybridized carbons (Fsp3) is 0.571. The standard InChI is InChI=1S/C14H24N2O4S/c1-9(2)10(3)8-16-21(17,18)14-6-11(15)12(19-4)7-13(14)20-5/h6-7,9-10,16H,8,15H2,1-5H3. The summed E-state index contributed by atoms with van der Waals surface area (Å²) in [7, 11) is -0.826. The molecule has 1 unspecified atom stereocenters. The maximum absolute atomic E-state index is 12.4. The Balaban J connectivity index is 3.10. The minimum Gasteiger partial charge on any atom is -0.495 e. The zero-order chi connectivity index (χ0) is 16.2. The van der Waals surface area contributed by atoms with Gasteiger partial charge in [0.2, 0.25) is 10.0 Å². The number of nitrogens with two attached hydrogens (primary N) is 1. The zero-order valence-electron chi connectivity index (χ0n) is 13.1. The Morgan fingerprint density at radius 3 is 2.19 bits per heavy atom. The maximum atomic E-state index is 12.4. The number of methoxy groups -OCH3 is 2. The van der Waals surface area contributed by atoms with E-state index in [1.165, 1.54) is 26.4 Å². The molecule has 1 aromatic carbocycles. The lowest BCUT2D eigenvalue weighted by molar-refractivity contribution is 0.386. The van der Waals surface area contributed by atoms with Gasteiger partial charge in [-0.15, -0.1) is 0 Å². The van der Waals surface area contributed by atoms with E-state index in [1.54, 1.807) is 0 Å². The summed E-state index contributed by atoms with van der Waals surface area (Å²) in [5.41, 5.74) is 6.03. The second kappa shape index (κ2) is 7.00. The Kier molecular flexibility index (Phi) is 5.86.